The quantitative estimate of drug-likeness (QED) is 0.430. The van der Waals surface area contributed by atoms with Crippen LogP contribution >= 0.6 is 11.6 Å². The van der Waals surface area contributed by atoms with Crippen LogP contribution in [-0.2, 0) is 13.9 Å². The molecule has 0 amide bonds. The summed E-state index contributed by atoms with van der Waals surface area (Å²) in [4.78, 5) is 20.5. The van der Waals surface area contributed by atoms with Crippen LogP contribution in [0.1, 0.15) is 43.8 Å². The Morgan fingerprint density at radius 2 is 2.10 bits per heavy atom. The van der Waals surface area contributed by atoms with Crippen molar-refractivity contribution in [1.29, 1.82) is 0 Å². The fourth-order valence-electron chi connectivity index (χ4n) is 3.25. The van der Waals surface area contributed by atoms with E-state index >= 15 is 0 Å². The van der Waals surface area contributed by atoms with Crippen molar-refractivity contribution in [3.63, 3.8) is 0 Å². The molecule has 8 nitrogen and oxygen atoms in total. The second kappa shape index (κ2) is 7.96. The smallest absolute Gasteiger partial charge is 0.340 e. The van der Waals surface area contributed by atoms with Crippen LogP contribution in [0.25, 0.3) is 11.0 Å². The maximum absolute atomic E-state index is 12.2. The van der Waals surface area contributed by atoms with Gasteiger partial charge < -0.3 is 23.6 Å². The highest BCUT2D eigenvalue weighted by molar-refractivity contribution is 6.74. The van der Waals surface area contributed by atoms with Gasteiger partial charge in [-0.05, 0) is 18.1 Å². The fraction of sp³-hybridized carbons (Fsp3) is 0.632. The largest absolute Gasteiger partial charge is 0.465 e. The number of aliphatic hydroxyl groups excluding tert-OH is 1. The minimum absolute atomic E-state index is 0.0318. The van der Waals surface area contributed by atoms with Crippen molar-refractivity contribution in [1.82, 2.24) is 14.5 Å². The highest BCUT2D eigenvalue weighted by Crippen LogP contribution is 2.42. The lowest BCUT2D eigenvalue weighted by molar-refractivity contribution is -0.0409. The summed E-state index contributed by atoms with van der Waals surface area (Å²) in [6, 6.07) is 0. The van der Waals surface area contributed by atoms with E-state index in [2.05, 4.69) is 43.8 Å². The number of ether oxygens (including phenoxy) is 2. The molecule has 3 atom stereocenters. The summed E-state index contributed by atoms with van der Waals surface area (Å²) in [5.74, 6) is -0.531. The minimum Gasteiger partial charge on any atom is -0.465 e. The molecule has 0 saturated carbocycles. The molecular weight excluding hydrogens is 414 g/mol. The number of fused-ring (bicyclic) bond motifs is 1. The Balaban J connectivity index is 1.97. The standard InChI is InChI=1S/C19H28ClN3O5Si/c1-19(2,3)29(5,6)28-12-7-14(27-13(12)9-24)23-8-11(18(25)26-4)15-16(20)21-10-22-17(15)23/h8,10,12-14,24H,7,9H2,1-6H3/t12-,13-,14-/m1/s1. The number of methoxy groups -OCH3 is 1. The Bertz CT molecular complexity index is 911. The summed E-state index contributed by atoms with van der Waals surface area (Å²) in [6.07, 6.45) is 2.28. The number of aromatic nitrogens is 3. The first-order valence-corrected chi connectivity index (χ1v) is 12.8. The molecule has 160 valence electrons. The summed E-state index contributed by atoms with van der Waals surface area (Å²) in [6.45, 7) is 10.7. The first-order chi connectivity index (χ1) is 13.5. The van der Waals surface area contributed by atoms with Crippen molar-refractivity contribution in [3.05, 3.63) is 23.2 Å². The van der Waals surface area contributed by atoms with E-state index in [1.807, 2.05) is 0 Å². The van der Waals surface area contributed by atoms with Crippen molar-refractivity contribution in [2.24, 2.45) is 0 Å². The van der Waals surface area contributed by atoms with Crippen molar-refractivity contribution >= 4 is 36.9 Å². The van der Waals surface area contributed by atoms with E-state index < -0.39 is 26.6 Å². The van der Waals surface area contributed by atoms with Crippen LogP contribution in [0.4, 0.5) is 0 Å². The molecule has 2 aromatic heterocycles. The molecule has 1 fully saturated rings. The molecule has 3 heterocycles. The predicted molar refractivity (Wildman–Crippen MR) is 112 cm³/mol. The van der Waals surface area contributed by atoms with Crippen LogP contribution < -0.4 is 0 Å². The molecule has 1 aliphatic rings. The maximum atomic E-state index is 12.2. The van der Waals surface area contributed by atoms with E-state index in [9.17, 15) is 9.90 Å². The first kappa shape index (κ1) is 22.2. The highest BCUT2D eigenvalue weighted by atomic mass is 35.5. The number of aliphatic hydroxyl groups is 1. The van der Waals surface area contributed by atoms with Gasteiger partial charge in [-0.15, -0.1) is 0 Å². The zero-order valence-electron chi connectivity index (χ0n) is 17.6. The van der Waals surface area contributed by atoms with Gasteiger partial charge in [0.2, 0.25) is 0 Å². The molecule has 1 N–H and O–H groups in total. The van der Waals surface area contributed by atoms with Crippen LogP contribution in [0.3, 0.4) is 0 Å². The fourth-order valence-corrected chi connectivity index (χ4v) is 4.83. The Labute approximate surface area is 176 Å². The first-order valence-electron chi connectivity index (χ1n) is 9.53. The Morgan fingerprint density at radius 1 is 1.41 bits per heavy atom. The molecule has 3 rings (SSSR count). The molecule has 10 heteroatoms. The molecule has 1 aliphatic heterocycles. The molecule has 0 aromatic carbocycles. The van der Waals surface area contributed by atoms with Gasteiger partial charge in [0.1, 0.15) is 29.5 Å². The van der Waals surface area contributed by atoms with Gasteiger partial charge in [-0.25, -0.2) is 14.8 Å². The number of hydrogen-bond acceptors (Lipinski definition) is 7. The van der Waals surface area contributed by atoms with Crippen LogP contribution in [0.2, 0.25) is 23.3 Å². The molecule has 0 radical (unpaired) electrons. The number of hydrogen-bond donors (Lipinski definition) is 1. The van der Waals surface area contributed by atoms with Crippen molar-refractivity contribution in [2.75, 3.05) is 13.7 Å². The van der Waals surface area contributed by atoms with Crippen LogP contribution in [-0.4, -0.2) is 59.9 Å². The Morgan fingerprint density at radius 3 is 2.69 bits per heavy atom. The third-order valence-corrected chi connectivity index (χ3v) is 10.7. The van der Waals surface area contributed by atoms with Crippen LogP contribution in [0.15, 0.2) is 12.5 Å². The Kier molecular flexibility index (Phi) is 6.08. The third-order valence-electron chi connectivity index (χ3n) is 5.89. The molecule has 1 saturated heterocycles. The van der Waals surface area contributed by atoms with E-state index in [4.69, 9.17) is 25.5 Å². The zero-order chi connectivity index (χ0) is 21.6. The maximum Gasteiger partial charge on any atom is 0.340 e. The molecule has 0 unspecified atom stereocenters. The van der Waals surface area contributed by atoms with Gasteiger partial charge in [0.15, 0.2) is 8.32 Å². The SMILES string of the molecule is COC(=O)c1cn([C@H]2C[C@@H](O[Si](C)(C)C(C)(C)C)[C@@H](CO)O2)c2ncnc(Cl)c12. The van der Waals surface area contributed by atoms with E-state index in [-0.39, 0.29) is 28.5 Å². The predicted octanol–water partition coefficient (Wildman–Crippen LogP) is 3.54. The number of carbonyl (C=O) groups is 1. The highest BCUT2D eigenvalue weighted by Gasteiger charge is 2.45. The van der Waals surface area contributed by atoms with Crippen molar-refractivity contribution in [3.8, 4) is 0 Å². The van der Waals surface area contributed by atoms with Crippen LogP contribution in [0, 0.1) is 0 Å². The van der Waals surface area contributed by atoms with E-state index in [1.54, 1.807) is 10.8 Å². The average molecular weight is 442 g/mol. The van der Waals surface area contributed by atoms with E-state index in [0.29, 0.717) is 17.5 Å². The second-order valence-corrected chi connectivity index (χ2v) is 13.9. The minimum atomic E-state index is -2.06. The summed E-state index contributed by atoms with van der Waals surface area (Å²) in [5.41, 5.74) is 0.742. The van der Waals surface area contributed by atoms with E-state index in [0.717, 1.165) is 0 Å². The van der Waals surface area contributed by atoms with Gasteiger partial charge in [0.25, 0.3) is 0 Å². The lowest BCUT2D eigenvalue weighted by Crippen LogP contribution is -2.46. The number of nitrogens with zero attached hydrogens (tertiary/aromatic N) is 3. The summed E-state index contributed by atoms with van der Waals surface area (Å²) in [5, 5.41) is 10.5. The number of rotatable bonds is 5. The summed E-state index contributed by atoms with van der Waals surface area (Å²) < 4.78 is 19.2. The second-order valence-electron chi connectivity index (χ2n) is 8.77. The molecule has 2 aromatic rings. The zero-order valence-corrected chi connectivity index (χ0v) is 19.4. The Hall–Kier alpha value is -1.52. The number of halogens is 1. The lowest BCUT2D eigenvalue weighted by atomic mass is 10.2. The van der Waals surface area contributed by atoms with E-state index in [1.165, 1.54) is 13.4 Å². The molecule has 29 heavy (non-hydrogen) atoms. The van der Waals surface area contributed by atoms with Gasteiger partial charge in [0, 0.05) is 12.6 Å². The molecule has 0 bridgehead atoms. The van der Waals surface area contributed by atoms with Gasteiger partial charge in [-0.2, -0.15) is 0 Å². The van der Waals surface area contributed by atoms with Crippen molar-refractivity contribution in [2.45, 2.75) is 63.8 Å². The number of esters is 1. The van der Waals surface area contributed by atoms with Gasteiger partial charge in [-0.1, -0.05) is 32.4 Å². The monoisotopic (exact) mass is 441 g/mol. The molecule has 0 spiro atoms. The van der Waals surface area contributed by atoms with Gasteiger partial charge >= 0.3 is 5.97 Å². The van der Waals surface area contributed by atoms with Gasteiger partial charge in [-0.3, -0.25) is 0 Å². The number of carbonyl (C=O) groups excluding carboxylic acids is 1. The molecular formula is C19H28ClN3O5Si. The third kappa shape index (κ3) is 4.06. The lowest BCUT2D eigenvalue weighted by Gasteiger charge is -2.39. The van der Waals surface area contributed by atoms with Crippen LogP contribution in [0.5, 0.6) is 0 Å². The van der Waals surface area contributed by atoms with Gasteiger partial charge in [0.05, 0.1) is 30.8 Å². The normalized spacial score (nSPS) is 23.0. The molecule has 0 aliphatic carbocycles. The average Bonchev–Trinajstić information content (AvgIpc) is 3.21. The van der Waals surface area contributed by atoms with Crippen molar-refractivity contribution < 1.29 is 23.8 Å². The summed E-state index contributed by atoms with van der Waals surface area (Å²) in [7, 11) is -0.755. The summed E-state index contributed by atoms with van der Waals surface area (Å²) >= 11 is 6.23. The topological polar surface area (TPSA) is 95.7 Å².